The van der Waals surface area contributed by atoms with E-state index in [-0.39, 0.29) is 27.4 Å². The number of ether oxygens (including phenoxy) is 2. The quantitative estimate of drug-likeness (QED) is 0.485. The molecule has 2 rings (SSSR count). The van der Waals surface area contributed by atoms with Crippen molar-refractivity contribution < 1.29 is 23.9 Å². The minimum absolute atomic E-state index is 0.0253. The Morgan fingerprint density at radius 3 is 2.44 bits per heavy atom. The third-order valence-corrected chi connectivity index (χ3v) is 4.85. The molecule has 0 spiro atoms. The zero-order chi connectivity index (χ0) is 19.7. The van der Waals surface area contributed by atoms with E-state index in [0.29, 0.717) is 12.4 Å². The second kappa shape index (κ2) is 10.4. The van der Waals surface area contributed by atoms with Gasteiger partial charge in [0.25, 0.3) is 0 Å². The van der Waals surface area contributed by atoms with Crippen LogP contribution >= 0.6 is 8.81 Å². The summed E-state index contributed by atoms with van der Waals surface area (Å²) in [6, 6.07) is 17.0. The minimum Gasteiger partial charge on any atom is -0.482 e. The van der Waals surface area contributed by atoms with Gasteiger partial charge in [0.2, 0.25) is 0 Å². The Morgan fingerprint density at radius 1 is 1.11 bits per heavy atom. The number of para-hydroxylation sites is 1. The standard InChI is InChI=1S/C21H27O5P/c1-16-9-7-8-12-18(16)24-13-19(23)26-20(17-10-5-4-6-11-17)27-25-15-21(2,3)14-22/h4-12,20,22,27H,13-15H2,1-3H3. The Labute approximate surface area is 162 Å². The molecule has 0 saturated heterocycles. The molecular weight excluding hydrogens is 363 g/mol. The fourth-order valence-corrected chi connectivity index (χ4v) is 3.30. The second-order valence-corrected chi connectivity index (χ2v) is 8.11. The van der Waals surface area contributed by atoms with Crippen LogP contribution in [0.5, 0.6) is 5.75 Å². The predicted molar refractivity (Wildman–Crippen MR) is 107 cm³/mol. The van der Waals surface area contributed by atoms with Crippen molar-refractivity contribution in [3.8, 4) is 5.75 Å². The van der Waals surface area contributed by atoms with Gasteiger partial charge in [-0.15, -0.1) is 0 Å². The molecular formula is C21H27O5P. The number of carbonyl (C=O) groups is 1. The Kier molecular flexibility index (Phi) is 8.23. The van der Waals surface area contributed by atoms with Crippen molar-refractivity contribution in [2.45, 2.75) is 26.6 Å². The number of carbonyl (C=O) groups excluding carboxylic acids is 1. The van der Waals surface area contributed by atoms with Crippen molar-refractivity contribution in [2.75, 3.05) is 19.8 Å². The van der Waals surface area contributed by atoms with E-state index in [1.165, 1.54) is 0 Å². The number of esters is 1. The summed E-state index contributed by atoms with van der Waals surface area (Å²) in [6.07, 6.45) is 0. The summed E-state index contributed by atoms with van der Waals surface area (Å²) >= 11 is 0. The van der Waals surface area contributed by atoms with Crippen LogP contribution < -0.4 is 4.74 Å². The highest BCUT2D eigenvalue weighted by molar-refractivity contribution is 7.32. The van der Waals surface area contributed by atoms with Crippen molar-refractivity contribution >= 4 is 14.8 Å². The van der Waals surface area contributed by atoms with Crippen molar-refractivity contribution in [3.05, 3.63) is 65.7 Å². The maximum Gasteiger partial charge on any atom is 0.345 e. The fourth-order valence-electron chi connectivity index (χ4n) is 2.17. The summed E-state index contributed by atoms with van der Waals surface area (Å²) in [5.41, 5.74) is 1.48. The molecule has 0 aliphatic heterocycles. The molecule has 5 nitrogen and oxygen atoms in total. The van der Waals surface area contributed by atoms with Gasteiger partial charge in [-0.05, 0) is 24.1 Å². The topological polar surface area (TPSA) is 65.0 Å². The molecule has 0 aromatic heterocycles. The number of aryl methyl sites for hydroxylation is 1. The van der Waals surface area contributed by atoms with Gasteiger partial charge in [-0.3, -0.25) is 0 Å². The normalized spacial score (nSPS) is 12.9. The average molecular weight is 390 g/mol. The third-order valence-electron chi connectivity index (χ3n) is 3.87. The predicted octanol–water partition coefficient (Wildman–Crippen LogP) is 4.24. The number of aliphatic hydroxyl groups excluding tert-OH is 1. The first-order chi connectivity index (χ1) is 12.9. The summed E-state index contributed by atoms with van der Waals surface area (Å²) in [5.74, 6) is -0.299. The molecule has 0 saturated carbocycles. The van der Waals surface area contributed by atoms with Crippen LogP contribution in [0.3, 0.4) is 0 Å². The van der Waals surface area contributed by atoms with Gasteiger partial charge in [0.1, 0.15) is 5.75 Å². The van der Waals surface area contributed by atoms with E-state index in [9.17, 15) is 9.90 Å². The van der Waals surface area contributed by atoms with Crippen LogP contribution in [0.25, 0.3) is 0 Å². The van der Waals surface area contributed by atoms with Gasteiger partial charge in [0.05, 0.1) is 22.0 Å². The smallest absolute Gasteiger partial charge is 0.345 e. The highest BCUT2D eigenvalue weighted by Crippen LogP contribution is 2.38. The largest absolute Gasteiger partial charge is 0.482 e. The first-order valence-electron chi connectivity index (χ1n) is 8.82. The molecule has 2 aromatic carbocycles. The van der Waals surface area contributed by atoms with Gasteiger partial charge in [-0.1, -0.05) is 62.4 Å². The summed E-state index contributed by atoms with van der Waals surface area (Å²) in [5, 5.41) is 9.34. The van der Waals surface area contributed by atoms with Crippen molar-refractivity contribution in [2.24, 2.45) is 5.41 Å². The van der Waals surface area contributed by atoms with E-state index in [2.05, 4.69) is 0 Å². The summed E-state index contributed by atoms with van der Waals surface area (Å²) in [7, 11) is -0.0710. The SMILES string of the molecule is Cc1ccccc1OCC(=O)OC(POCC(C)(C)CO)c1ccccc1. The lowest BCUT2D eigenvalue weighted by Crippen LogP contribution is -2.22. The molecule has 2 unspecified atom stereocenters. The van der Waals surface area contributed by atoms with Gasteiger partial charge in [0, 0.05) is 5.41 Å². The summed E-state index contributed by atoms with van der Waals surface area (Å²) < 4.78 is 16.9. The molecule has 0 amide bonds. The molecule has 0 bridgehead atoms. The average Bonchev–Trinajstić information content (AvgIpc) is 2.67. The zero-order valence-corrected chi connectivity index (χ0v) is 17.0. The van der Waals surface area contributed by atoms with E-state index in [1.54, 1.807) is 0 Å². The van der Waals surface area contributed by atoms with E-state index >= 15 is 0 Å². The van der Waals surface area contributed by atoms with Gasteiger partial charge < -0.3 is 19.1 Å². The van der Waals surface area contributed by atoms with Crippen LogP contribution in [0.1, 0.15) is 30.8 Å². The number of aliphatic hydroxyl groups is 1. The van der Waals surface area contributed by atoms with Crippen LogP contribution in [0.4, 0.5) is 0 Å². The zero-order valence-electron chi connectivity index (χ0n) is 16.0. The number of benzene rings is 2. The van der Waals surface area contributed by atoms with Gasteiger partial charge >= 0.3 is 5.97 Å². The first-order valence-corrected chi connectivity index (χ1v) is 9.81. The fraction of sp³-hybridized carbons (Fsp3) is 0.381. The Morgan fingerprint density at radius 2 is 1.78 bits per heavy atom. The van der Waals surface area contributed by atoms with Crippen molar-refractivity contribution in [1.82, 2.24) is 0 Å². The second-order valence-electron chi connectivity index (χ2n) is 7.06. The Hall–Kier alpha value is -1.94. The molecule has 2 atom stereocenters. The van der Waals surface area contributed by atoms with Gasteiger partial charge in [-0.2, -0.15) is 0 Å². The van der Waals surface area contributed by atoms with E-state index in [1.807, 2.05) is 75.4 Å². The molecule has 6 heteroatoms. The van der Waals surface area contributed by atoms with Crippen LogP contribution in [0, 0.1) is 12.3 Å². The first kappa shape index (κ1) is 21.4. The number of hydrogen-bond donors (Lipinski definition) is 1. The maximum atomic E-state index is 12.3. The van der Waals surface area contributed by atoms with Crippen LogP contribution in [-0.4, -0.2) is 30.9 Å². The monoisotopic (exact) mass is 390 g/mol. The number of rotatable bonds is 10. The number of hydrogen-bond acceptors (Lipinski definition) is 5. The minimum atomic E-state index is -0.506. The highest BCUT2D eigenvalue weighted by Gasteiger charge is 2.21. The van der Waals surface area contributed by atoms with Gasteiger partial charge in [0.15, 0.2) is 12.5 Å². The van der Waals surface area contributed by atoms with Crippen molar-refractivity contribution in [1.29, 1.82) is 0 Å². The Balaban J connectivity index is 1.94. The van der Waals surface area contributed by atoms with E-state index < -0.39 is 11.8 Å². The molecule has 146 valence electrons. The van der Waals surface area contributed by atoms with Gasteiger partial charge in [-0.25, -0.2) is 4.79 Å². The molecule has 0 aliphatic carbocycles. The van der Waals surface area contributed by atoms with E-state index in [4.69, 9.17) is 14.0 Å². The molecule has 1 N–H and O–H groups in total. The highest BCUT2D eigenvalue weighted by atomic mass is 31.1. The maximum absolute atomic E-state index is 12.3. The molecule has 0 aliphatic rings. The van der Waals surface area contributed by atoms with E-state index in [0.717, 1.165) is 11.1 Å². The summed E-state index contributed by atoms with van der Waals surface area (Å²) in [4.78, 5) is 12.3. The molecule has 0 heterocycles. The van der Waals surface area contributed by atoms with Crippen LogP contribution in [-0.2, 0) is 14.1 Å². The lowest BCUT2D eigenvalue weighted by molar-refractivity contribution is -0.148. The van der Waals surface area contributed by atoms with Crippen molar-refractivity contribution in [3.63, 3.8) is 0 Å². The van der Waals surface area contributed by atoms with Crippen LogP contribution in [0.2, 0.25) is 0 Å². The lowest BCUT2D eigenvalue weighted by atomic mass is 9.97. The molecule has 27 heavy (non-hydrogen) atoms. The molecule has 0 radical (unpaired) electrons. The molecule has 2 aromatic rings. The Bertz CT molecular complexity index is 718. The summed E-state index contributed by atoms with van der Waals surface area (Å²) in [6.45, 7) is 5.99. The van der Waals surface area contributed by atoms with Crippen LogP contribution in [0.15, 0.2) is 54.6 Å². The lowest BCUT2D eigenvalue weighted by Gasteiger charge is -2.24. The third kappa shape index (κ3) is 7.30. The molecule has 0 fully saturated rings.